The normalized spacial score (nSPS) is 11.0. The lowest BCUT2D eigenvalue weighted by atomic mass is 10.1. The number of phenolic OH excluding ortho intramolecular Hbond substituents is 1. The molecule has 0 spiro atoms. The van der Waals surface area contributed by atoms with Crippen molar-refractivity contribution in [2.45, 2.75) is 13.1 Å². The van der Waals surface area contributed by atoms with Crippen LogP contribution >= 0.6 is 0 Å². The van der Waals surface area contributed by atoms with Crippen molar-refractivity contribution in [2.75, 3.05) is 35.5 Å². The Hall–Kier alpha value is -3.29. The minimum atomic E-state index is 0.188. The molecule has 2 aromatic carbocycles. The first-order valence-electron chi connectivity index (χ1n) is 8.65. The molecule has 0 radical (unpaired) electrons. The zero-order valence-corrected chi connectivity index (χ0v) is 16.8. The minimum absolute atomic E-state index is 0.188. The van der Waals surface area contributed by atoms with Crippen molar-refractivity contribution in [1.29, 1.82) is 0 Å². The molecular weight excluding hydrogens is 362 g/mol. The van der Waals surface area contributed by atoms with E-state index in [1.807, 2.05) is 12.1 Å². The molecule has 3 N–H and O–H groups in total. The summed E-state index contributed by atoms with van der Waals surface area (Å²) in [7, 11) is 7.99. The van der Waals surface area contributed by atoms with Crippen LogP contribution in [-0.4, -0.2) is 46.6 Å². The molecule has 0 fully saturated rings. The van der Waals surface area contributed by atoms with Crippen LogP contribution in [0, 0.1) is 0 Å². The molecule has 0 saturated heterocycles. The Balaban J connectivity index is 2.04. The highest BCUT2D eigenvalue weighted by atomic mass is 16.5. The summed E-state index contributed by atoms with van der Waals surface area (Å²) in [5.74, 6) is 3.16. The van der Waals surface area contributed by atoms with Gasteiger partial charge in [-0.15, -0.1) is 0 Å². The van der Waals surface area contributed by atoms with E-state index in [0.29, 0.717) is 47.6 Å². The third-order valence-electron chi connectivity index (χ3n) is 4.14. The zero-order valence-electron chi connectivity index (χ0n) is 16.8. The molecule has 0 aliphatic rings. The standard InChI is InChI=1S/C20H27N3O5/c1-21-20(23-12-14-10-15(25-2)6-7-16(14)24)22-11-13-8-17(26-3)19(28-5)18(9-13)27-4/h6-10,24H,11-12H2,1-5H3,(H2,21,22,23). The van der Waals surface area contributed by atoms with Gasteiger partial charge in [-0.3, -0.25) is 4.99 Å². The molecule has 0 aliphatic heterocycles. The molecule has 0 aliphatic carbocycles. The van der Waals surface area contributed by atoms with Gasteiger partial charge in [-0.2, -0.15) is 0 Å². The van der Waals surface area contributed by atoms with E-state index >= 15 is 0 Å². The molecule has 0 atom stereocenters. The van der Waals surface area contributed by atoms with E-state index in [2.05, 4.69) is 15.6 Å². The van der Waals surface area contributed by atoms with Crippen LogP contribution in [0.2, 0.25) is 0 Å². The molecule has 2 rings (SSSR count). The fourth-order valence-corrected chi connectivity index (χ4v) is 2.65. The summed E-state index contributed by atoms with van der Waals surface area (Å²) >= 11 is 0. The quantitative estimate of drug-likeness (QED) is 0.471. The summed E-state index contributed by atoms with van der Waals surface area (Å²) < 4.78 is 21.3. The highest BCUT2D eigenvalue weighted by Crippen LogP contribution is 2.38. The predicted molar refractivity (Wildman–Crippen MR) is 108 cm³/mol. The van der Waals surface area contributed by atoms with Crippen molar-refractivity contribution in [2.24, 2.45) is 4.99 Å². The molecule has 152 valence electrons. The molecular formula is C20H27N3O5. The lowest BCUT2D eigenvalue weighted by Gasteiger charge is -2.16. The zero-order chi connectivity index (χ0) is 20.5. The van der Waals surface area contributed by atoms with Crippen LogP contribution in [-0.2, 0) is 13.1 Å². The number of hydrogen-bond acceptors (Lipinski definition) is 6. The molecule has 0 saturated carbocycles. The molecule has 2 aromatic rings. The summed E-state index contributed by atoms with van der Waals surface area (Å²) in [5, 5.41) is 16.4. The van der Waals surface area contributed by atoms with Crippen molar-refractivity contribution in [3.05, 3.63) is 41.5 Å². The third kappa shape index (κ3) is 5.12. The predicted octanol–water partition coefficient (Wildman–Crippen LogP) is 2.29. The summed E-state index contributed by atoms with van der Waals surface area (Å²) in [6.07, 6.45) is 0. The fourth-order valence-electron chi connectivity index (χ4n) is 2.65. The highest BCUT2D eigenvalue weighted by molar-refractivity contribution is 5.79. The van der Waals surface area contributed by atoms with Gasteiger partial charge in [0.15, 0.2) is 17.5 Å². The number of aliphatic imine (C=N–C) groups is 1. The SMILES string of the molecule is CN=C(NCc1cc(OC)c(OC)c(OC)c1)NCc1cc(OC)ccc1O. The van der Waals surface area contributed by atoms with Crippen molar-refractivity contribution in [3.8, 4) is 28.7 Å². The van der Waals surface area contributed by atoms with Crippen LogP contribution in [0.5, 0.6) is 28.7 Å². The number of nitrogens with zero attached hydrogens (tertiary/aromatic N) is 1. The lowest BCUT2D eigenvalue weighted by molar-refractivity contribution is 0.323. The summed E-state index contributed by atoms with van der Waals surface area (Å²) in [5.41, 5.74) is 1.64. The smallest absolute Gasteiger partial charge is 0.203 e. The second-order valence-electron chi connectivity index (χ2n) is 5.81. The van der Waals surface area contributed by atoms with Crippen LogP contribution < -0.4 is 29.6 Å². The van der Waals surface area contributed by atoms with Crippen LogP contribution in [0.3, 0.4) is 0 Å². The molecule has 8 heteroatoms. The van der Waals surface area contributed by atoms with Crippen LogP contribution in [0.4, 0.5) is 0 Å². The van der Waals surface area contributed by atoms with Gasteiger partial charge in [0.2, 0.25) is 5.75 Å². The maximum absolute atomic E-state index is 9.99. The Bertz CT molecular complexity index is 798. The Morgan fingerprint density at radius 3 is 2.07 bits per heavy atom. The topological polar surface area (TPSA) is 93.6 Å². The van der Waals surface area contributed by atoms with Crippen molar-refractivity contribution in [3.63, 3.8) is 0 Å². The fraction of sp³-hybridized carbons (Fsp3) is 0.350. The number of nitrogens with one attached hydrogen (secondary N) is 2. The molecule has 0 aromatic heterocycles. The van der Waals surface area contributed by atoms with Crippen molar-refractivity contribution < 1.29 is 24.1 Å². The molecule has 8 nitrogen and oxygen atoms in total. The Morgan fingerprint density at radius 1 is 0.893 bits per heavy atom. The first-order valence-corrected chi connectivity index (χ1v) is 8.65. The molecule has 0 bridgehead atoms. The van der Waals surface area contributed by atoms with Gasteiger partial charge in [0, 0.05) is 25.7 Å². The van der Waals surface area contributed by atoms with E-state index < -0.39 is 0 Å². The largest absolute Gasteiger partial charge is 0.508 e. The van der Waals surface area contributed by atoms with Gasteiger partial charge in [-0.05, 0) is 35.9 Å². The van der Waals surface area contributed by atoms with E-state index in [9.17, 15) is 5.11 Å². The number of ether oxygens (including phenoxy) is 4. The van der Waals surface area contributed by atoms with Crippen LogP contribution in [0.25, 0.3) is 0 Å². The van der Waals surface area contributed by atoms with E-state index in [0.717, 1.165) is 5.56 Å². The first kappa shape index (κ1) is 21.0. The number of aromatic hydroxyl groups is 1. The van der Waals surface area contributed by atoms with Gasteiger partial charge in [0.05, 0.1) is 28.4 Å². The second-order valence-corrected chi connectivity index (χ2v) is 5.81. The molecule has 0 amide bonds. The van der Waals surface area contributed by atoms with Gasteiger partial charge in [-0.25, -0.2) is 0 Å². The highest BCUT2D eigenvalue weighted by Gasteiger charge is 2.13. The average molecular weight is 389 g/mol. The number of benzene rings is 2. The number of guanidine groups is 1. The Morgan fingerprint density at radius 2 is 1.54 bits per heavy atom. The molecule has 0 unspecified atom stereocenters. The summed E-state index contributed by atoms with van der Waals surface area (Å²) in [6, 6.07) is 8.82. The van der Waals surface area contributed by atoms with E-state index in [-0.39, 0.29) is 5.75 Å². The van der Waals surface area contributed by atoms with Crippen LogP contribution in [0.15, 0.2) is 35.3 Å². The van der Waals surface area contributed by atoms with E-state index in [1.165, 1.54) is 0 Å². The number of hydrogen-bond donors (Lipinski definition) is 3. The van der Waals surface area contributed by atoms with Gasteiger partial charge in [0.25, 0.3) is 0 Å². The summed E-state index contributed by atoms with van der Waals surface area (Å²) in [4.78, 5) is 4.20. The van der Waals surface area contributed by atoms with Gasteiger partial charge >= 0.3 is 0 Å². The Labute approximate surface area is 165 Å². The maximum atomic E-state index is 9.99. The average Bonchev–Trinajstić information content (AvgIpc) is 2.73. The molecule has 0 heterocycles. The lowest BCUT2D eigenvalue weighted by Crippen LogP contribution is -2.36. The van der Waals surface area contributed by atoms with Gasteiger partial charge in [-0.1, -0.05) is 0 Å². The Kier molecular flexibility index (Phi) is 7.62. The summed E-state index contributed by atoms with van der Waals surface area (Å²) in [6.45, 7) is 0.873. The monoisotopic (exact) mass is 389 g/mol. The van der Waals surface area contributed by atoms with Crippen molar-refractivity contribution in [1.82, 2.24) is 10.6 Å². The maximum Gasteiger partial charge on any atom is 0.203 e. The van der Waals surface area contributed by atoms with Gasteiger partial charge in [0.1, 0.15) is 11.5 Å². The van der Waals surface area contributed by atoms with Gasteiger partial charge < -0.3 is 34.7 Å². The second kappa shape index (κ2) is 10.1. The van der Waals surface area contributed by atoms with E-state index in [4.69, 9.17) is 18.9 Å². The first-order chi connectivity index (χ1) is 13.6. The number of phenols is 1. The van der Waals surface area contributed by atoms with E-state index in [1.54, 1.807) is 53.7 Å². The molecule has 28 heavy (non-hydrogen) atoms. The van der Waals surface area contributed by atoms with Crippen molar-refractivity contribution >= 4 is 5.96 Å². The number of rotatable bonds is 8. The minimum Gasteiger partial charge on any atom is -0.508 e. The number of methoxy groups -OCH3 is 4. The third-order valence-corrected chi connectivity index (χ3v) is 4.14. The van der Waals surface area contributed by atoms with Crippen LogP contribution in [0.1, 0.15) is 11.1 Å².